The second-order valence-electron chi connectivity index (χ2n) is 5.49. The number of hydrogen-bond donors (Lipinski definition) is 1. The van der Waals surface area contributed by atoms with Crippen molar-refractivity contribution in [2.24, 2.45) is 0 Å². The van der Waals surface area contributed by atoms with Crippen molar-refractivity contribution < 1.29 is 4.79 Å². The largest absolute Gasteiger partial charge is 0.360 e. The normalized spacial score (nSPS) is 16.4. The molecule has 1 aliphatic rings. The van der Waals surface area contributed by atoms with Gasteiger partial charge < -0.3 is 10.2 Å². The Hall–Kier alpha value is -1.63. The molecule has 0 bridgehead atoms. The lowest BCUT2D eigenvalue weighted by atomic mass is 10.2. The first-order valence-corrected chi connectivity index (χ1v) is 8.38. The van der Waals surface area contributed by atoms with E-state index in [1.54, 1.807) is 15.9 Å². The minimum atomic E-state index is 0.315. The van der Waals surface area contributed by atoms with Gasteiger partial charge in [0.05, 0.1) is 11.9 Å². The van der Waals surface area contributed by atoms with Crippen LogP contribution in [0.3, 0.4) is 0 Å². The molecule has 3 rings (SSSR count). The third-order valence-electron chi connectivity index (χ3n) is 3.72. The molecule has 2 aromatic heterocycles. The monoisotopic (exact) mass is 307 g/mol. The number of fused-ring (bicyclic) bond motifs is 1. The Morgan fingerprint density at radius 3 is 3.14 bits per heavy atom. The van der Waals surface area contributed by atoms with Gasteiger partial charge in [-0.2, -0.15) is 0 Å². The van der Waals surface area contributed by atoms with Gasteiger partial charge in [0.15, 0.2) is 0 Å². The topological polar surface area (TPSA) is 62.5 Å². The van der Waals surface area contributed by atoms with E-state index in [0.29, 0.717) is 5.91 Å². The summed E-state index contributed by atoms with van der Waals surface area (Å²) in [5, 5.41) is 8.64. The van der Waals surface area contributed by atoms with E-state index in [4.69, 9.17) is 0 Å². The molecule has 7 heteroatoms. The van der Waals surface area contributed by atoms with E-state index in [1.807, 2.05) is 18.0 Å². The van der Waals surface area contributed by atoms with Gasteiger partial charge in [0.2, 0.25) is 16.0 Å². The number of aromatic nitrogens is 3. The van der Waals surface area contributed by atoms with Crippen LogP contribution in [0.5, 0.6) is 0 Å². The van der Waals surface area contributed by atoms with Crippen molar-refractivity contribution in [2.45, 2.75) is 39.0 Å². The van der Waals surface area contributed by atoms with Crippen LogP contribution in [0, 0.1) is 6.92 Å². The van der Waals surface area contributed by atoms with Crippen LogP contribution in [0.4, 0.5) is 5.13 Å². The maximum atomic E-state index is 11.9. The fraction of sp³-hybridized carbons (Fsp3) is 0.643. The molecule has 6 nitrogen and oxygen atoms in total. The number of amides is 1. The van der Waals surface area contributed by atoms with E-state index in [0.717, 1.165) is 61.1 Å². The van der Waals surface area contributed by atoms with Crippen molar-refractivity contribution in [1.29, 1.82) is 0 Å². The van der Waals surface area contributed by atoms with Crippen LogP contribution in [-0.2, 0) is 4.79 Å². The number of anilines is 1. The van der Waals surface area contributed by atoms with Crippen molar-refractivity contribution in [3.8, 4) is 0 Å². The first kappa shape index (κ1) is 14.3. The predicted octanol–water partition coefficient (Wildman–Crippen LogP) is 2.30. The molecule has 0 spiro atoms. The Balaban J connectivity index is 1.45. The Bertz CT molecular complexity index is 588. The van der Waals surface area contributed by atoms with E-state index in [-0.39, 0.29) is 0 Å². The van der Waals surface area contributed by atoms with Crippen LogP contribution in [-0.4, -0.2) is 45.0 Å². The molecule has 114 valence electrons. The third-order valence-corrected chi connectivity index (χ3v) is 4.60. The SMILES string of the molecule is Cc1cn2nc(NCCCN3CCCCCC3=O)sc2n1. The molecular formula is C14H21N5OS. The minimum absolute atomic E-state index is 0.315. The summed E-state index contributed by atoms with van der Waals surface area (Å²) in [5.74, 6) is 0.315. The Labute approximate surface area is 128 Å². The summed E-state index contributed by atoms with van der Waals surface area (Å²) in [6.07, 6.45) is 6.96. The smallest absolute Gasteiger partial charge is 0.222 e. The standard InChI is InChI=1S/C14H21N5OS/c1-11-10-19-14(16-11)21-13(17-19)15-7-5-9-18-8-4-2-3-6-12(18)20/h10H,2-9H2,1H3,(H,15,17). The zero-order valence-electron chi connectivity index (χ0n) is 12.3. The van der Waals surface area contributed by atoms with Gasteiger partial charge in [-0.05, 0) is 26.2 Å². The summed E-state index contributed by atoms with van der Waals surface area (Å²) in [4.78, 5) is 19.2. The lowest BCUT2D eigenvalue weighted by Crippen LogP contribution is -2.32. The Morgan fingerprint density at radius 2 is 2.29 bits per heavy atom. The summed E-state index contributed by atoms with van der Waals surface area (Å²) in [6, 6.07) is 0. The van der Waals surface area contributed by atoms with E-state index in [2.05, 4.69) is 15.4 Å². The highest BCUT2D eigenvalue weighted by atomic mass is 32.1. The molecule has 0 unspecified atom stereocenters. The van der Waals surface area contributed by atoms with Crippen molar-refractivity contribution in [3.63, 3.8) is 0 Å². The number of rotatable bonds is 5. The van der Waals surface area contributed by atoms with Gasteiger partial charge in [-0.15, -0.1) is 5.10 Å². The summed E-state index contributed by atoms with van der Waals surface area (Å²) in [6.45, 7) is 4.56. The average molecular weight is 307 g/mol. The first-order chi connectivity index (χ1) is 10.2. The predicted molar refractivity (Wildman–Crippen MR) is 83.8 cm³/mol. The molecule has 1 saturated heterocycles. The Morgan fingerprint density at radius 1 is 1.38 bits per heavy atom. The number of nitrogens with one attached hydrogen (secondary N) is 1. The van der Waals surface area contributed by atoms with Gasteiger partial charge in [0, 0.05) is 26.1 Å². The van der Waals surface area contributed by atoms with Crippen molar-refractivity contribution in [2.75, 3.05) is 25.0 Å². The van der Waals surface area contributed by atoms with Gasteiger partial charge in [-0.1, -0.05) is 17.8 Å². The molecule has 1 aliphatic heterocycles. The van der Waals surface area contributed by atoms with Crippen LogP contribution >= 0.6 is 11.3 Å². The molecule has 1 fully saturated rings. The first-order valence-electron chi connectivity index (χ1n) is 7.57. The van der Waals surface area contributed by atoms with Gasteiger partial charge in [-0.25, -0.2) is 9.50 Å². The zero-order valence-corrected chi connectivity index (χ0v) is 13.2. The zero-order chi connectivity index (χ0) is 14.7. The van der Waals surface area contributed by atoms with Crippen LogP contribution in [0.25, 0.3) is 4.96 Å². The highest BCUT2D eigenvalue weighted by molar-refractivity contribution is 7.20. The molecule has 0 radical (unpaired) electrons. The summed E-state index contributed by atoms with van der Waals surface area (Å²) in [5.41, 5.74) is 0.986. The Kier molecular flexibility index (Phi) is 4.38. The summed E-state index contributed by atoms with van der Waals surface area (Å²) in [7, 11) is 0. The third kappa shape index (κ3) is 3.53. The second kappa shape index (κ2) is 6.43. The van der Waals surface area contributed by atoms with Gasteiger partial charge in [0.25, 0.3) is 0 Å². The van der Waals surface area contributed by atoms with Crippen LogP contribution in [0.1, 0.15) is 37.8 Å². The second-order valence-corrected chi connectivity index (χ2v) is 6.44. The number of carbonyl (C=O) groups is 1. The molecule has 0 aliphatic carbocycles. The quantitative estimate of drug-likeness (QED) is 0.861. The van der Waals surface area contributed by atoms with Gasteiger partial charge >= 0.3 is 0 Å². The highest BCUT2D eigenvalue weighted by Gasteiger charge is 2.15. The van der Waals surface area contributed by atoms with Crippen molar-refractivity contribution in [3.05, 3.63) is 11.9 Å². The fourth-order valence-electron chi connectivity index (χ4n) is 2.62. The molecule has 0 aromatic carbocycles. The van der Waals surface area contributed by atoms with Gasteiger partial charge in [-0.3, -0.25) is 4.79 Å². The van der Waals surface area contributed by atoms with E-state index in [9.17, 15) is 4.79 Å². The molecule has 1 amide bonds. The molecule has 3 heterocycles. The van der Waals surface area contributed by atoms with Crippen LogP contribution in [0.15, 0.2) is 6.20 Å². The van der Waals surface area contributed by atoms with E-state index < -0.39 is 0 Å². The van der Waals surface area contributed by atoms with Crippen LogP contribution < -0.4 is 5.32 Å². The number of imidazole rings is 1. The van der Waals surface area contributed by atoms with Gasteiger partial charge in [0.1, 0.15) is 0 Å². The average Bonchev–Trinajstić information content (AvgIpc) is 2.89. The number of carbonyl (C=O) groups excluding carboxylic acids is 1. The van der Waals surface area contributed by atoms with E-state index >= 15 is 0 Å². The molecule has 0 atom stereocenters. The van der Waals surface area contributed by atoms with Crippen molar-refractivity contribution in [1.82, 2.24) is 19.5 Å². The maximum absolute atomic E-state index is 11.9. The minimum Gasteiger partial charge on any atom is -0.360 e. The lowest BCUT2D eigenvalue weighted by molar-refractivity contribution is -0.130. The highest BCUT2D eigenvalue weighted by Crippen LogP contribution is 2.18. The number of likely N-dealkylation sites (tertiary alicyclic amines) is 1. The summed E-state index contributed by atoms with van der Waals surface area (Å²) >= 11 is 1.56. The van der Waals surface area contributed by atoms with Crippen molar-refractivity contribution >= 4 is 27.3 Å². The molecule has 2 aromatic rings. The number of hydrogen-bond acceptors (Lipinski definition) is 5. The maximum Gasteiger partial charge on any atom is 0.222 e. The molecular weight excluding hydrogens is 286 g/mol. The van der Waals surface area contributed by atoms with E-state index in [1.165, 1.54) is 6.42 Å². The summed E-state index contributed by atoms with van der Waals surface area (Å²) < 4.78 is 1.81. The fourth-order valence-corrected chi connectivity index (χ4v) is 3.47. The molecule has 1 N–H and O–H groups in total. The number of nitrogens with zero attached hydrogens (tertiary/aromatic N) is 4. The molecule has 0 saturated carbocycles. The van der Waals surface area contributed by atoms with Crippen LogP contribution in [0.2, 0.25) is 0 Å². The molecule has 21 heavy (non-hydrogen) atoms. The number of aryl methyl sites for hydroxylation is 1. The lowest BCUT2D eigenvalue weighted by Gasteiger charge is -2.20.